The molecule has 0 bridgehead atoms. The van der Waals surface area contributed by atoms with Gasteiger partial charge in [-0.2, -0.15) is 0 Å². The number of hydrogen-bond acceptors (Lipinski definition) is 4. The van der Waals surface area contributed by atoms with Crippen molar-refractivity contribution in [1.29, 1.82) is 0 Å². The molecule has 13 heavy (non-hydrogen) atoms. The van der Waals surface area contributed by atoms with E-state index in [2.05, 4.69) is 4.98 Å². The maximum Gasteiger partial charge on any atom is 0.160 e. The van der Waals surface area contributed by atoms with Crippen LogP contribution in [-0.2, 0) is 0 Å². The van der Waals surface area contributed by atoms with Crippen LogP contribution >= 0.6 is 11.3 Å². The van der Waals surface area contributed by atoms with Gasteiger partial charge in [-0.15, -0.1) is 11.3 Å². The minimum Gasteiger partial charge on any atom is -0.400 e. The van der Waals surface area contributed by atoms with E-state index < -0.39 is 0 Å². The molecule has 2 aromatic heterocycles. The van der Waals surface area contributed by atoms with Crippen molar-refractivity contribution in [2.45, 2.75) is 0 Å². The van der Waals surface area contributed by atoms with Crippen molar-refractivity contribution >= 4 is 27.8 Å². The summed E-state index contributed by atoms with van der Waals surface area (Å²) in [7, 11) is 1.00. The van der Waals surface area contributed by atoms with E-state index in [9.17, 15) is 4.79 Å². The predicted octanol–water partition coefficient (Wildman–Crippen LogP) is 1.72. The minimum absolute atomic E-state index is 0.735. The van der Waals surface area contributed by atoms with Crippen LogP contribution in [0.1, 0.15) is 9.67 Å². The van der Waals surface area contributed by atoms with Crippen LogP contribution in [0, 0.1) is 0 Å². The summed E-state index contributed by atoms with van der Waals surface area (Å²) in [5, 5.41) is 8.04. The number of pyridine rings is 1. The number of fused-ring (bicyclic) bond motifs is 1. The van der Waals surface area contributed by atoms with Crippen LogP contribution in [0.4, 0.5) is 0 Å². The number of rotatable bonds is 1. The third-order valence-corrected chi connectivity index (χ3v) is 2.41. The van der Waals surface area contributed by atoms with Gasteiger partial charge in [-0.05, 0) is 12.1 Å². The van der Waals surface area contributed by atoms with Crippen molar-refractivity contribution in [3.05, 3.63) is 29.3 Å². The van der Waals surface area contributed by atoms with E-state index in [0.717, 1.165) is 28.5 Å². The Bertz CT molecular complexity index is 364. The molecule has 0 aliphatic heterocycles. The lowest BCUT2D eigenvalue weighted by atomic mass is 10.3. The molecule has 0 aliphatic carbocycles. The van der Waals surface area contributed by atoms with Gasteiger partial charge >= 0.3 is 0 Å². The number of nitrogens with zero attached hydrogens (tertiary/aromatic N) is 1. The van der Waals surface area contributed by atoms with E-state index in [0.29, 0.717) is 0 Å². The first kappa shape index (κ1) is 9.83. The van der Waals surface area contributed by atoms with E-state index >= 15 is 0 Å². The Hall–Kier alpha value is -1.26. The predicted molar refractivity (Wildman–Crippen MR) is 53.2 cm³/mol. The molecule has 0 radical (unpaired) electrons. The maximum atomic E-state index is 10.4. The van der Waals surface area contributed by atoms with Crippen LogP contribution in [0.3, 0.4) is 0 Å². The first-order valence-electron chi connectivity index (χ1n) is 3.64. The molecule has 2 aromatic rings. The van der Waals surface area contributed by atoms with Gasteiger partial charge in [0.2, 0.25) is 0 Å². The SMILES string of the molecule is CO.O=Cc1cc2cccnc2s1. The van der Waals surface area contributed by atoms with Gasteiger partial charge in [0, 0.05) is 18.7 Å². The molecule has 3 nitrogen and oxygen atoms in total. The number of aliphatic hydroxyl groups is 1. The zero-order valence-electron chi connectivity index (χ0n) is 7.10. The standard InChI is InChI=1S/C8H5NOS.CH4O/c10-5-7-4-6-2-1-3-9-8(6)11-7;1-2/h1-5H;2H,1H3. The summed E-state index contributed by atoms with van der Waals surface area (Å²) < 4.78 is 0. The highest BCUT2D eigenvalue weighted by atomic mass is 32.1. The second kappa shape index (κ2) is 4.69. The fourth-order valence-electron chi connectivity index (χ4n) is 0.951. The van der Waals surface area contributed by atoms with Crippen molar-refractivity contribution < 1.29 is 9.90 Å². The molecule has 0 fully saturated rings. The van der Waals surface area contributed by atoms with E-state index in [1.165, 1.54) is 11.3 Å². The monoisotopic (exact) mass is 195 g/mol. The van der Waals surface area contributed by atoms with Crippen molar-refractivity contribution in [3.63, 3.8) is 0 Å². The van der Waals surface area contributed by atoms with Crippen LogP contribution in [-0.4, -0.2) is 23.5 Å². The smallest absolute Gasteiger partial charge is 0.160 e. The summed E-state index contributed by atoms with van der Waals surface area (Å²) in [6.45, 7) is 0. The van der Waals surface area contributed by atoms with Crippen molar-refractivity contribution in [2.75, 3.05) is 7.11 Å². The van der Waals surface area contributed by atoms with E-state index in [4.69, 9.17) is 5.11 Å². The van der Waals surface area contributed by atoms with Gasteiger partial charge < -0.3 is 5.11 Å². The number of aromatic nitrogens is 1. The summed E-state index contributed by atoms with van der Waals surface area (Å²) in [5.74, 6) is 0. The molecule has 0 unspecified atom stereocenters. The van der Waals surface area contributed by atoms with Crippen LogP contribution in [0.15, 0.2) is 24.4 Å². The van der Waals surface area contributed by atoms with Gasteiger partial charge in [0.15, 0.2) is 6.29 Å². The van der Waals surface area contributed by atoms with Gasteiger partial charge in [-0.3, -0.25) is 4.79 Å². The van der Waals surface area contributed by atoms with Gasteiger partial charge in [0.25, 0.3) is 0 Å². The molecule has 0 aliphatic rings. The number of aliphatic hydroxyl groups excluding tert-OH is 1. The Morgan fingerprint density at radius 3 is 2.92 bits per heavy atom. The molecule has 4 heteroatoms. The van der Waals surface area contributed by atoms with Crippen molar-refractivity contribution in [2.24, 2.45) is 0 Å². The zero-order valence-corrected chi connectivity index (χ0v) is 7.91. The Kier molecular flexibility index (Phi) is 3.54. The zero-order chi connectivity index (χ0) is 9.68. The summed E-state index contributed by atoms with van der Waals surface area (Å²) >= 11 is 1.42. The highest BCUT2D eigenvalue weighted by molar-refractivity contribution is 7.20. The Morgan fingerprint density at radius 1 is 1.54 bits per heavy atom. The fourth-order valence-corrected chi connectivity index (χ4v) is 1.77. The molecule has 68 valence electrons. The van der Waals surface area contributed by atoms with E-state index in [1.807, 2.05) is 18.2 Å². The van der Waals surface area contributed by atoms with Gasteiger partial charge in [0.05, 0.1) is 4.88 Å². The molecule has 0 amide bonds. The largest absolute Gasteiger partial charge is 0.400 e. The second-order valence-electron chi connectivity index (χ2n) is 2.16. The van der Waals surface area contributed by atoms with Crippen molar-refractivity contribution in [1.82, 2.24) is 4.98 Å². The normalized spacial score (nSPS) is 9.08. The van der Waals surface area contributed by atoms with E-state index in [1.54, 1.807) is 6.20 Å². The van der Waals surface area contributed by atoms with Gasteiger partial charge in [-0.1, -0.05) is 6.07 Å². The Labute approximate surface area is 79.7 Å². The Balaban J connectivity index is 0.000000396. The van der Waals surface area contributed by atoms with Crippen LogP contribution in [0.5, 0.6) is 0 Å². The van der Waals surface area contributed by atoms with E-state index in [-0.39, 0.29) is 0 Å². The highest BCUT2D eigenvalue weighted by Gasteiger charge is 1.98. The van der Waals surface area contributed by atoms with Gasteiger partial charge in [-0.25, -0.2) is 4.98 Å². The second-order valence-corrected chi connectivity index (χ2v) is 3.23. The molecular formula is C9H9NO2S. The summed E-state index contributed by atoms with van der Waals surface area (Å²) in [6.07, 6.45) is 2.58. The molecule has 1 N–H and O–H groups in total. The summed E-state index contributed by atoms with van der Waals surface area (Å²) in [6, 6.07) is 5.66. The summed E-state index contributed by atoms with van der Waals surface area (Å²) in [5.41, 5.74) is 0. The third kappa shape index (κ3) is 2.11. The third-order valence-electron chi connectivity index (χ3n) is 1.43. The average molecular weight is 195 g/mol. The molecule has 0 saturated carbocycles. The summed E-state index contributed by atoms with van der Waals surface area (Å²) in [4.78, 5) is 16.1. The lowest BCUT2D eigenvalue weighted by Gasteiger charge is -1.81. The maximum absolute atomic E-state index is 10.4. The number of aldehydes is 1. The topological polar surface area (TPSA) is 50.2 Å². The van der Waals surface area contributed by atoms with Crippen molar-refractivity contribution in [3.8, 4) is 0 Å². The highest BCUT2D eigenvalue weighted by Crippen LogP contribution is 2.21. The number of hydrogen-bond donors (Lipinski definition) is 1. The van der Waals surface area contributed by atoms with Gasteiger partial charge in [0.1, 0.15) is 4.83 Å². The molecule has 0 spiro atoms. The number of carbonyl (C=O) groups is 1. The molecule has 2 heterocycles. The van der Waals surface area contributed by atoms with Crippen LogP contribution in [0.25, 0.3) is 10.2 Å². The Morgan fingerprint density at radius 2 is 2.31 bits per heavy atom. The molecular weight excluding hydrogens is 186 g/mol. The minimum atomic E-state index is 0.735. The number of carbonyl (C=O) groups excluding carboxylic acids is 1. The molecule has 0 saturated heterocycles. The molecule has 2 rings (SSSR count). The van der Waals surface area contributed by atoms with Crippen LogP contribution in [0.2, 0.25) is 0 Å². The van der Waals surface area contributed by atoms with Crippen LogP contribution < -0.4 is 0 Å². The quantitative estimate of drug-likeness (QED) is 0.705. The lowest BCUT2D eigenvalue weighted by molar-refractivity contribution is 0.112. The fraction of sp³-hybridized carbons (Fsp3) is 0.111. The number of thiophene rings is 1. The molecule has 0 atom stereocenters. The average Bonchev–Trinajstić information content (AvgIpc) is 2.63. The lowest BCUT2D eigenvalue weighted by Crippen LogP contribution is -1.65. The molecule has 0 aromatic carbocycles. The first-order chi connectivity index (χ1) is 6.40. The first-order valence-corrected chi connectivity index (χ1v) is 4.46.